The van der Waals surface area contributed by atoms with Crippen LogP contribution in [0.15, 0.2) is 18.2 Å². The molecular formula is C14H22N2O4S. The summed E-state index contributed by atoms with van der Waals surface area (Å²) >= 11 is 1.66. The molecule has 0 radical (unpaired) electrons. The Morgan fingerprint density at radius 1 is 1.29 bits per heavy atom. The van der Waals surface area contributed by atoms with Crippen molar-refractivity contribution in [2.24, 2.45) is 5.73 Å². The van der Waals surface area contributed by atoms with E-state index in [2.05, 4.69) is 5.32 Å². The second-order valence-electron chi connectivity index (χ2n) is 4.61. The summed E-state index contributed by atoms with van der Waals surface area (Å²) in [5, 5.41) is 30.0. The summed E-state index contributed by atoms with van der Waals surface area (Å²) in [4.78, 5) is 11.8. The van der Waals surface area contributed by atoms with Crippen LogP contribution in [0.3, 0.4) is 0 Å². The fourth-order valence-corrected chi connectivity index (χ4v) is 2.47. The number of amides is 1. The van der Waals surface area contributed by atoms with Gasteiger partial charge in [0.25, 0.3) is 0 Å². The van der Waals surface area contributed by atoms with Crippen LogP contribution in [0.1, 0.15) is 12.0 Å². The Morgan fingerprint density at radius 2 is 2.05 bits per heavy atom. The van der Waals surface area contributed by atoms with E-state index in [1.807, 2.05) is 0 Å². The number of phenols is 2. The number of benzene rings is 1. The number of hydrogen-bond donors (Lipinski definition) is 5. The summed E-state index contributed by atoms with van der Waals surface area (Å²) in [7, 11) is 0. The average molecular weight is 314 g/mol. The largest absolute Gasteiger partial charge is 0.504 e. The number of nitrogens with two attached hydrogens (primary N) is 1. The van der Waals surface area contributed by atoms with Crippen LogP contribution in [-0.4, -0.2) is 51.9 Å². The number of phenolic OH excluding ortho intramolecular Hbond substituents is 2. The topological polar surface area (TPSA) is 116 Å². The molecule has 0 unspecified atom stereocenters. The maximum absolute atomic E-state index is 11.8. The zero-order chi connectivity index (χ0) is 15.7. The van der Waals surface area contributed by atoms with Gasteiger partial charge in [-0.15, -0.1) is 0 Å². The van der Waals surface area contributed by atoms with E-state index >= 15 is 0 Å². The fraction of sp³-hybridized carbons (Fsp3) is 0.500. The normalized spacial score (nSPS) is 12.1. The lowest BCUT2D eigenvalue weighted by Crippen LogP contribution is -2.42. The number of aliphatic hydroxyl groups excluding tert-OH is 1. The standard InChI is InChI=1S/C14H22N2O4S/c15-11(8-10-2-3-12(18)13(19)9-10)14(20)16-4-7-21-6-1-5-17/h2-3,9,11,17-19H,1,4-8,15H2,(H,16,20)/t11-/m0/s1. The Morgan fingerprint density at radius 3 is 2.71 bits per heavy atom. The van der Waals surface area contributed by atoms with Gasteiger partial charge >= 0.3 is 0 Å². The molecule has 0 aliphatic rings. The summed E-state index contributed by atoms with van der Waals surface area (Å²) < 4.78 is 0. The van der Waals surface area contributed by atoms with Crippen molar-refractivity contribution < 1.29 is 20.1 Å². The van der Waals surface area contributed by atoms with Crippen LogP contribution >= 0.6 is 11.8 Å². The molecular weight excluding hydrogens is 292 g/mol. The Labute approximate surface area is 128 Å². The van der Waals surface area contributed by atoms with Crippen molar-refractivity contribution in [1.29, 1.82) is 0 Å². The highest BCUT2D eigenvalue weighted by Crippen LogP contribution is 2.25. The summed E-state index contributed by atoms with van der Waals surface area (Å²) in [5.74, 6) is 0.978. The van der Waals surface area contributed by atoms with Gasteiger partial charge in [0, 0.05) is 18.9 Å². The number of aliphatic hydroxyl groups is 1. The molecule has 0 aliphatic carbocycles. The smallest absolute Gasteiger partial charge is 0.237 e. The predicted molar refractivity (Wildman–Crippen MR) is 83.5 cm³/mol. The SMILES string of the molecule is N[C@@H](Cc1ccc(O)c(O)c1)C(=O)NCCSCCCO. The molecule has 7 heteroatoms. The first-order valence-corrected chi connectivity index (χ1v) is 7.93. The van der Waals surface area contributed by atoms with Crippen molar-refractivity contribution in [1.82, 2.24) is 5.32 Å². The van der Waals surface area contributed by atoms with Gasteiger partial charge in [-0.25, -0.2) is 0 Å². The maximum Gasteiger partial charge on any atom is 0.237 e. The molecule has 0 aliphatic heterocycles. The van der Waals surface area contributed by atoms with Gasteiger partial charge < -0.3 is 26.4 Å². The lowest BCUT2D eigenvalue weighted by molar-refractivity contribution is -0.122. The maximum atomic E-state index is 11.8. The monoisotopic (exact) mass is 314 g/mol. The highest BCUT2D eigenvalue weighted by Gasteiger charge is 2.14. The summed E-state index contributed by atoms with van der Waals surface area (Å²) in [5.41, 5.74) is 6.49. The van der Waals surface area contributed by atoms with Gasteiger partial charge in [-0.2, -0.15) is 11.8 Å². The molecule has 1 aromatic carbocycles. The van der Waals surface area contributed by atoms with Gasteiger partial charge in [-0.3, -0.25) is 4.79 Å². The first kappa shape index (κ1) is 17.6. The number of aromatic hydroxyl groups is 2. The summed E-state index contributed by atoms with van der Waals surface area (Å²) in [6.45, 7) is 0.715. The summed E-state index contributed by atoms with van der Waals surface area (Å²) in [6, 6.07) is 3.68. The van der Waals surface area contributed by atoms with Crippen molar-refractivity contribution in [2.45, 2.75) is 18.9 Å². The quantitative estimate of drug-likeness (QED) is 0.328. The highest BCUT2D eigenvalue weighted by molar-refractivity contribution is 7.99. The van der Waals surface area contributed by atoms with E-state index in [4.69, 9.17) is 10.8 Å². The average Bonchev–Trinajstić information content (AvgIpc) is 2.46. The van der Waals surface area contributed by atoms with Crippen LogP contribution in [0, 0.1) is 0 Å². The Balaban J connectivity index is 2.29. The van der Waals surface area contributed by atoms with Crippen LogP contribution in [0.2, 0.25) is 0 Å². The van der Waals surface area contributed by atoms with Gasteiger partial charge in [0.2, 0.25) is 5.91 Å². The predicted octanol–water partition coefficient (Wildman–Crippen LogP) is 0.199. The number of hydrogen-bond acceptors (Lipinski definition) is 6. The molecule has 0 fully saturated rings. The molecule has 0 spiro atoms. The number of thioether (sulfide) groups is 1. The van der Waals surface area contributed by atoms with Crippen molar-refractivity contribution >= 4 is 17.7 Å². The van der Waals surface area contributed by atoms with E-state index in [1.54, 1.807) is 17.8 Å². The van der Waals surface area contributed by atoms with E-state index in [0.29, 0.717) is 12.1 Å². The second kappa shape index (κ2) is 9.49. The van der Waals surface area contributed by atoms with E-state index in [1.165, 1.54) is 12.1 Å². The highest BCUT2D eigenvalue weighted by atomic mass is 32.2. The van der Waals surface area contributed by atoms with E-state index in [9.17, 15) is 15.0 Å². The molecule has 6 N–H and O–H groups in total. The minimum atomic E-state index is -0.698. The lowest BCUT2D eigenvalue weighted by Gasteiger charge is -2.12. The number of carbonyl (C=O) groups is 1. The Hall–Kier alpha value is -1.44. The summed E-state index contributed by atoms with van der Waals surface area (Å²) in [6.07, 6.45) is 1.04. The molecule has 1 rings (SSSR count). The molecule has 0 heterocycles. The molecule has 1 atom stereocenters. The molecule has 0 saturated carbocycles. The number of rotatable bonds is 9. The first-order chi connectivity index (χ1) is 10.0. The van der Waals surface area contributed by atoms with E-state index in [0.717, 1.165) is 17.9 Å². The zero-order valence-electron chi connectivity index (χ0n) is 11.8. The van der Waals surface area contributed by atoms with Crippen molar-refractivity contribution in [3.8, 4) is 11.5 Å². The van der Waals surface area contributed by atoms with E-state index < -0.39 is 6.04 Å². The molecule has 0 saturated heterocycles. The molecule has 0 bridgehead atoms. The first-order valence-electron chi connectivity index (χ1n) is 6.77. The van der Waals surface area contributed by atoms with Gasteiger partial charge in [-0.1, -0.05) is 6.07 Å². The van der Waals surface area contributed by atoms with Gasteiger partial charge in [0.15, 0.2) is 11.5 Å². The molecule has 21 heavy (non-hydrogen) atoms. The van der Waals surface area contributed by atoms with Gasteiger partial charge in [-0.05, 0) is 36.3 Å². The zero-order valence-corrected chi connectivity index (χ0v) is 12.6. The van der Waals surface area contributed by atoms with Crippen LogP contribution in [-0.2, 0) is 11.2 Å². The number of nitrogens with one attached hydrogen (secondary N) is 1. The van der Waals surface area contributed by atoms with Crippen molar-refractivity contribution in [3.05, 3.63) is 23.8 Å². The van der Waals surface area contributed by atoms with Crippen LogP contribution in [0.5, 0.6) is 11.5 Å². The minimum absolute atomic E-state index is 0.184. The van der Waals surface area contributed by atoms with Crippen LogP contribution in [0.4, 0.5) is 0 Å². The van der Waals surface area contributed by atoms with E-state index in [-0.39, 0.29) is 30.4 Å². The Kier molecular flexibility index (Phi) is 7.96. The Bertz CT molecular complexity index is 457. The molecule has 6 nitrogen and oxygen atoms in total. The molecule has 118 valence electrons. The van der Waals surface area contributed by atoms with Crippen LogP contribution in [0.25, 0.3) is 0 Å². The lowest BCUT2D eigenvalue weighted by atomic mass is 10.1. The van der Waals surface area contributed by atoms with Gasteiger partial charge in [0.1, 0.15) is 0 Å². The minimum Gasteiger partial charge on any atom is -0.504 e. The van der Waals surface area contributed by atoms with Gasteiger partial charge in [0.05, 0.1) is 6.04 Å². The second-order valence-corrected chi connectivity index (χ2v) is 5.84. The van der Waals surface area contributed by atoms with Crippen molar-refractivity contribution in [3.63, 3.8) is 0 Å². The number of carbonyl (C=O) groups excluding carboxylic acids is 1. The molecule has 0 aromatic heterocycles. The third-order valence-electron chi connectivity index (χ3n) is 2.82. The molecule has 1 aromatic rings. The fourth-order valence-electron chi connectivity index (χ4n) is 1.69. The van der Waals surface area contributed by atoms with Crippen molar-refractivity contribution in [2.75, 3.05) is 24.7 Å². The molecule has 1 amide bonds. The third kappa shape index (κ3) is 6.70. The van der Waals surface area contributed by atoms with Crippen LogP contribution < -0.4 is 11.1 Å². The third-order valence-corrected chi connectivity index (χ3v) is 3.89.